The molecule has 18 heavy (non-hydrogen) atoms. The fraction of sp³-hybridized carbons (Fsp3) is 0.533. The van der Waals surface area contributed by atoms with Crippen LogP contribution in [-0.2, 0) is 4.79 Å². The molecular weight excluding hydrogens is 224 g/mol. The quantitative estimate of drug-likeness (QED) is 0.859. The van der Waals surface area contributed by atoms with Gasteiger partial charge in [-0.05, 0) is 38.8 Å². The van der Waals surface area contributed by atoms with Gasteiger partial charge in [0.1, 0.15) is 0 Å². The summed E-state index contributed by atoms with van der Waals surface area (Å²) in [4.78, 5) is 12.2. The summed E-state index contributed by atoms with van der Waals surface area (Å²) in [6.07, 6.45) is 1.88. The van der Waals surface area contributed by atoms with E-state index in [4.69, 9.17) is 0 Å². The number of carbonyl (C=O) groups excluding carboxylic acids is 1. The van der Waals surface area contributed by atoms with E-state index in [1.54, 1.807) is 0 Å². The smallest absolute Gasteiger partial charge is 0.223 e. The summed E-state index contributed by atoms with van der Waals surface area (Å²) in [7, 11) is 0. The van der Waals surface area contributed by atoms with E-state index in [2.05, 4.69) is 29.7 Å². The highest BCUT2D eigenvalue weighted by molar-refractivity contribution is 5.79. The Morgan fingerprint density at radius 1 is 1.39 bits per heavy atom. The maximum Gasteiger partial charge on any atom is 0.223 e. The standard InChI is InChI=1S/C15H22N2O/c1-11-10-14(8-9-16-11)15(18)17-12(2)13-6-4-3-5-7-13/h3-7,11-12,14,16H,8-10H2,1-2H3,(H,17,18)/t11?,12-,14?/m0/s1. The van der Waals surface area contributed by atoms with E-state index in [-0.39, 0.29) is 17.9 Å². The first-order valence-electron chi connectivity index (χ1n) is 6.75. The molecule has 1 aliphatic rings. The molecule has 0 aliphatic carbocycles. The normalized spacial score (nSPS) is 25.4. The van der Waals surface area contributed by atoms with Crippen molar-refractivity contribution >= 4 is 5.91 Å². The van der Waals surface area contributed by atoms with Gasteiger partial charge in [0.2, 0.25) is 5.91 Å². The fourth-order valence-corrected chi connectivity index (χ4v) is 2.53. The minimum absolute atomic E-state index is 0.0869. The van der Waals surface area contributed by atoms with Crippen LogP contribution in [0.2, 0.25) is 0 Å². The Kier molecular flexibility index (Phi) is 4.37. The lowest BCUT2D eigenvalue weighted by atomic mass is 9.92. The van der Waals surface area contributed by atoms with Crippen molar-refractivity contribution in [1.29, 1.82) is 0 Å². The molecule has 1 saturated heterocycles. The summed E-state index contributed by atoms with van der Waals surface area (Å²) >= 11 is 0. The van der Waals surface area contributed by atoms with E-state index in [1.165, 1.54) is 0 Å². The van der Waals surface area contributed by atoms with Gasteiger partial charge in [0.25, 0.3) is 0 Å². The van der Waals surface area contributed by atoms with Crippen LogP contribution in [0.5, 0.6) is 0 Å². The number of carbonyl (C=O) groups is 1. The second kappa shape index (κ2) is 6.01. The largest absolute Gasteiger partial charge is 0.349 e. The van der Waals surface area contributed by atoms with E-state index < -0.39 is 0 Å². The molecule has 3 heteroatoms. The van der Waals surface area contributed by atoms with Gasteiger partial charge in [-0.15, -0.1) is 0 Å². The summed E-state index contributed by atoms with van der Waals surface area (Å²) in [6, 6.07) is 10.6. The van der Waals surface area contributed by atoms with Crippen molar-refractivity contribution < 1.29 is 4.79 Å². The van der Waals surface area contributed by atoms with Crippen molar-refractivity contribution in [2.24, 2.45) is 5.92 Å². The zero-order valence-electron chi connectivity index (χ0n) is 11.1. The van der Waals surface area contributed by atoms with Crippen LogP contribution in [0.25, 0.3) is 0 Å². The van der Waals surface area contributed by atoms with Gasteiger partial charge in [0, 0.05) is 12.0 Å². The van der Waals surface area contributed by atoms with Crippen LogP contribution in [0.3, 0.4) is 0 Å². The first kappa shape index (κ1) is 13.1. The van der Waals surface area contributed by atoms with Crippen LogP contribution in [0.1, 0.15) is 38.3 Å². The lowest BCUT2D eigenvalue weighted by Gasteiger charge is -2.28. The molecule has 0 spiro atoms. The van der Waals surface area contributed by atoms with Crippen molar-refractivity contribution in [1.82, 2.24) is 10.6 Å². The SMILES string of the molecule is CC1CC(C(=O)N[C@@H](C)c2ccccc2)CCN1. The Labute approximate surface area is 109 Å². The van der Waals surface area contributed by atoms with Gasteiger partial charge in [0.15, 0.2) is 0 Å². The van der Waals surface area contributed by atoms with Crippen LogP contribution in [-0.4, -0.2) is 18.5 Å². The molecule has 2 N–H and O–H groups in total. The zero-order chi connectivity index (χ0) is 13.0. The molecule has 2 unspecified atom stereocenters. The fourth-order valence-electron chi connectivity index (χ4n) is 2.53. The monoisotopic (exact) mass is 246 g/mol. The summed E-state index contributed by atoms with van der Waals surface area (Å²) in [5.74, 6) is 0.354. The third-order valence-corrected chi connectivity index (χ3v) is 3.65. The second-order valence-electron chi connectivity index (χ2n) is 5.22. The van der Waals surface area contributed by atoms with Crippen LogP contribution in [0.15, 0.2) is 30.3 Å². The maximum atomic E-state index is 12.2. The van der Waals surface area contributed by atoms with Gasteiger partial charge < -0.3 is 10.6 Å². The highest BCUT2D eigenvalue weighted by Gasteiger charge is 2.25. The van der Waals surface area contributed by atoms with E-state index in [1.807, 2.05) is 25.1 Å². The third-order valence-electron chi connectivity index (χ3n) is 3.65. The van der Waals surface area contributed by atoms with Gasteiger partial charge >= 0.3 is 0 Å². The first-order chi connectivity index (χ1) is 8.66. The Morgan fingerprint density at radius 3 is 2.78 bits per heavy atom. The molecule has 0 aromatic heterocycles. The van der Waals surface area contributed by atoms with Gasteiger partial charge in [-0.1, -0.05) is 30.3 Å². The van der Waals surface area contributed by atoms with Crippen LogP contribution in [0.4, 0.5) is 0 Å². The second-order valence-corrected chi connectivity index (χ2v) is 5.22. The average molecular weight is 246 g/mol. The predicted molar refractivity (Wildman–Crippen MR) is 73.2 cm³/mol. The lowest BCUT2D eigenvalue weighted by Crippen LogP contribution is -2.42. The minimum Gasteiger partial charge on any atom is -0.349 e. The van der Waals surface area contributed by atoms with Crippen LogP contribution >= 0.6 is 0 Å². The molecule has 3 nitrogen and oxygen atoms in total. The molecule has 0 saturated carbocycles. The Morgan fingerprint density at radius 2 is 2.11 bits per heavy atom. The predicted octanol–water partition coefficient (Wildman–Crippen LogP) is 2.25. The molecule has 1 aromatic rings. The molecule has 1 aliphatic heterocycles. The van der Waals surface area contributed by atoms with Gasteiger partial charge in [-0.2, -0.15) is 0 Å². The van der Waals surface area contributed by atoms with Crippen molar-refractivity contribution in [2.75, 3.05) is 6.54 Å². The average Bonchev–Trinajstić information content (AvgIpc) is 2.39. The molecule has 1 aromatic carbocycles. The number of piperidine rings is 1. The van der Waals surface area contributed by atoms with Crippen LogP contribution in [0, 0.1) is 5.92 Å². The van der Waals surface area contributed by atoms with E-state index in [9.17, 15) is 4.79 Å². The number of rotatable bonds is 3. The van der Waals surface area contributed by atoms with Gasteiger partial charge in [0.05, 0.1) is 6.04 Å². The summed E-state index contributed by atoms with van der Waals surface area (Å²) in [6.45, 7) is 5.12. The molecule has 1 amide bonds. The Hall–Kier alpha value is -1.35. The Balaban J connectivity index is 1.91. The Bertz CT molecular complexity index is 391. The third kappa shape index (κ3) is 3.33. The minimum atomic E-state index is 0.0869. The van der Waals surface area contributed by atoms with Gasteiger partial charge in [-0.25, -0.2) is 0 Å². The van der Waals surface area contributed by atoms with Crippen molar-refractivity contribution in [3.63, 3.8) is 0 Å². The zero-order valence-corrected chi connectivity index (χ0v) is 11.1. The topological polar surface area (TPSA) is 41.1 Å². The van der Waals surface area contributed by atoms with E-state index in [0.717, 1.165) is 24.9 Å². The summed E-state index contributed by atoms with van der Waals surface area (Å²) in [5.41, 5.74) is 1.16. The molecular formula is C15H22N2O. The highest BCUT2D eigenvalue weighted by atomic mass is 16.1. The number of benzene rings is 1. The summed E-state index contributed by atoms with van der Waals surface area (Å²) in [5, 5.41) is 6.49. The van der Waals surface area contributed by atoms with Crippen molar-refractivity contribution in [3.05, 3.63) is 35.9 Å². The van der Waals surface area contributed by atoms with Crippen molar-refractivity contribution in [2.45, 2.75) is 38.8 Å². The maximum absolute atomic E-state index is 12.2. The summed E-state index contributed by atoms with van der Waals surface area (Å²) < 4.78 is 0. The first-order valence-corrected chi connectivity index (χ1v) is 6.75. The van der Waals surface area contributed by atoms with Crippen molar-refractivity contribution in [3.8, 4) is 0 Å². The lowest BCUT2D eigenvalue weighted by molar-refractivity contribution is -0.126. The number of hydrogen-bond acceptors (Lipinski definition) is 2. The highest BCUT2D eigenvalue weighted by Crippen LogP contribution is 2.18. The number of amides is 1. The molecule has 1 heterocycles. The number of hydrogen-bond donors (Lipinski definition) is 2. The molecule has 98 valence electrons. The van der Waals surface area contributed by atoms with Gasteiger partial charge in [-0.3, -0.25) is 4.79 Å². The molecule has 1 fully saturated rings. The molecule has 2 rings (SSSR count). The van der Waals surface area contributed by atoms with E-state index >= 15 is 0 Å². The van der Waals surface area contributed by atoms with E-state index in [0.29, 0.717) is 6.04 Å². The molecule has 3 atom stereocenters. The number of nitrogens with one attached hydrogen (secondary N) is 2. The van der Waals surface area contributed by atoms with Crippen LogP contribution < -0.4 is 10.6 Å². The molecule has 0 radical (unpaired) electrons. The molecule has 0 bridgehead atoms.